The van der Waals surface area contributed by atoms with Crippen LogP contribution in [0.15, 0.2) is 12.7 Å². The fourth-order valence-corrected chi connectivity index (χ4v) is 1.25. The standard InChI is InChI=1S/C8H11N5.ClH/c1-5(2)13-4-12-6-7(9)10-3-11-8(6)13;/h3-5H,1-2H3,(H2,9,10,11);1H. The number of imidazole rings is 1. The third kappa shape index (κ3) is 1.50. The fraction of sp³-hybridized carbons (Fsp3) is 0.375. The molecule has 0 bridgehead atoms. The quantitative estimate of drug-likeness (QED) is 0.778. The van der Waals surface area contributed by atoms with Crippen molar-refractivity contribution in [3.63, 3.8) is 0 Å². The van der Waals surface area contributed by atoms with Crippen LogP contribution in [0, 0.1) is 0 Å². The summed E-state index contributed by atoms with van der Waals surface area (Å²) < 4.78 is 1.97. The van der Waals surface area contributed by atoms with Gasteiger partial charge in [0.25, 0.3) is 0 Å². The van der Waals surface area contributed by atoms with Gasteiger partial charge in [0.2, 0.25) is 0 Å². The topological polar surface area (TPSA) is 69.6 Å². The highest BCUT2D eigenvalue weighted by Crippen LogP contribution is 2.17. The number of nitrogen functional groups attached to an aromatic ring is 1. The lowest BCUT2D eigenvalue weighted by atomic mass is 10.4. The largest absolute Gasteiger partial charge is 0.382 e. The molecule has 0 atom stereocenters. The Bertz CT molecular complexity index is 436. The average molecular weight is 214 g/mol. The predicted octanol–water partition coefficient (Wildman–Crippen LogP) is 1.41. The number of hydrogen-bond acceptors (Lipinski definition) is 4. The molecule has 2 N–H and O–H groups in total. The van der Waals surface area contributed by atoms with Crippen LogP contribution >= 0.6 is 12.4 Å². The molecule has 0 aromatic carbocycles. The number of anilines is 1. The summed E-state index contributed by atoms with van der Waals surface area (Å²) in [6.07, 6.45) is 3.19. The summed E-state index contributed by atoms with van der Waals surface area (Å²) in [4.78, 5) is 12.2. The maximum Gasteiger partial charge on any atom is 0.165 e. The second-order valence-electron chi connectivity index (χ2n) is 3.18. The molecule has 14 heavy (non-hydrogen) atoms. The molecule has 0 aliphatic carbocycles. The average Bonchev–Trinajstić information content (AvgIpc) is 2.48. The molecule has 0 saturated carbocycles. The van der Waals surface area contributed by atoms with Crippen molar-refractivity contribution in [2.24, 2.45) is 0 Å². The molecule has 0 spiro atoms. The normalized spacial score (nSPS) is 10.5. The minimum atomic E-state index is 0. The van der Waals surface area contributed by atoms with Crippen molar-refractivity contribution < 1.29 is 0 Å². The number of fused-ring (bicyclic) bond motifs is 1. The van der Waals surface area contributed by atoms with Gasteiger partial charge < -0.3 is 10.3 Å². The van der Waals surface area contributed by atoms with Crippen molar-refractivity contribution >= 4 is 29.4 Å². The number of aromatic nitrogens is 4. The molecule has 0 aliphatic heterocycles. The maximum atomic E-state index is 5.64. The molecular formula is C8H12ClN5. The summed E-state index contributed by atoms with van der Waals surface area (Å²) in [6, 6.07) is 0.333. The van der Waals surface area contributed by atoms with E-state index in [1.807, 2.05) is 4.57 Å². The third-order valence-corrected chi connectivity index (χ3v) is 1.94. The lowest BCUT2D eigenvalue weighted by Gasteiger charge is -2.05. The Morgan fingerprint density at radius 2 is 2.00 bits per heavy atom. The smallest absolute Gasteiger partial charge is 0.165 e. The van der Waals surface area contributed by atoms with Gasteiger partial charge in [-0.3, -0.25) is 0 Å². The van der Waals surface area contributed by atoms with Gasteiger partial charge in [-0.15, -0.1) is 12.4 Å². The summed E-state index contributed by atoms with van der Waals surface area (Å²) in [6.45, 7) is 4.14. The van der Waals surface area contributed by atoms with Crippen LogP contribution in [0.4, 0.5) is 5.82 Å². The van der Waals surface area contributed by atoms with Crippen molar-refractivity contribution in [3.05, 3.63) is 12.7 Å². The Hall–Kier alpha value is -1.36. The van der Waals surface area contributed by atoms with Crippen molar-refractivity contribution in [1.29, 1.82) is 0 Å². The van der Waals surface area contributed by atoms with Gasteiger partial charge >= 0.3 is 0 Å². The third-order valence-electron chi connectivity index (χ3n) is 1.94. The Morgan fingerprint density at radius 1 is 1.29 bits per heavy atom. The monoisotopic (exact) mass is 213 g/mol. The second kappa shape index (κ2) is 3.79. The molecule has 0 aliphatic rings. The van der Waals surface area contributed by atoms with Crippen LogP contribution in [0.1, 0.15) is 19.9 Å². The van der Waals surface area contributed by atoms with Gasteiger partial charge in [0.1, 0.15) is 11.8 Å². The van der Waals surface area contributed by atoms with Crippen molar-refractivity contribution in [3.8, 4) is 0 Å². The number of nitrogens with zero attached hydrogens (tertiary/aromatic N) is 4. The first-order valence-electron chi connectivity index (χ1n) is 4.13. The van der Waals surface area contributed by atoms with E-state index in [1.54, 1.807) is 6.33 Å². The van der Waals surface area contributed by atoms with Gasteiger partial charge in [-0.25, -0.2) is 15.0 Å². The second-order valence-corrected chi connectivity index (χ2v) is 3.18. The first-order valence-corrected chi connectivity index (χ1v) is 4.13. The summed E-state index contributed by atoms with van der Waals surface area (Å²) in [5.74, 6) is 0.435. The van der Waals surface area contributed by atoms with E-state index in [0.29, 0.717) is 17.4 Å². The van der Waals surface area contributed by atoms with Crippen molar-refractivity contribution in [2.45, 2.75) is 19.9 Å². The van der Waals surface area contributed by atoms with E-state index < -0.39 is 0 Å². The minimum absolute atomic E-state index is 0. The Balaban J connectivity index is 0.000000980. The van der Waals surface area contributed by atoms with E-state index in [-0.39, 0.29) is 12.4 Å². The van der Waals surface area contributed by atoms with Gasteiger partial charge in [0.15, 0.2) is 11.5 Å². The van der Waals surface area contributed by atoms with Crippen LogP contribution in [-0.2, 0) is 0 Å². The Morgan fingerprint density at radius 3 is 2.64 bits per heavy atom. The molecular weight excluding hydrogens is 202 g/mol. The van der Waals surface area contributed by atoms with E-state index in [0.717, 1.165) is 5.65 Å². The van der Waals surface area contributed by atoms with E-state index in [4.69, 9.17) is 5.73 Å². The molecule has 76 valence electrons. The number of nitrogens with two attached hydrogens (primary N) is 1. The molecule has 2 aromatic rings. The van der Waals surface area contributed by atoms with Crippen LogP contribution in [0.2, 0.25) is 0 Å². The van der Waals surface area contributed by atoms with E-state index in [1.165, 1.54) is 6.33 Å². The molecule has 0 unspecified atom stereocenters. The lowest BCUT2D eigenvalue weighted by Crippen LogP contribution is -2.00. The predicted molar refractivity (Wildman–Crippen MR) is 57.4 cm³/mol. The highest BCUT2D eigenvalue weighted by Gasteiger charge is 2.08. The molecule has 5 nitrogen and oxygen atoms in total. The van der Waals surface area contributed by atoms with Crippen LogP contribution in [-0.4, -0.2) is 19.5 Å². The van der Waals surface area contributed by atoms with Crippen LogP contribution in [0.25, 0.3) is 11.2 Å². The number of halogens is 1. The summed E-state index contributed by atoms with van der Waals surface area (Å²) in [5, 5.41) is 0. The Labute approximate surface area is 87.8 Å². The zero-order valence-electron chi connectivity index (χ0n) is 8.01. The minimum Gasteiger partial charge on any atom is -0.382 e. The summed E-state index contributed by atoms with van der Waals surface area (Å²) >= 11 is 0. The molecule has 2 rings (SSSR count). The Kier molecular flexibility index (Phi) is 2.90. The van der Waals surface area contributed by atoms with Crippen molar-refractivity contribution in [1.82, 2.24) is 19.5 Å². The first kappa shape index (κ1) is 10.7. The molecule has 6 heteroatoms. The van der Waals surface area contributed by atoms with E-state index >= 15 is 0 Å². The molecule has 0 saturated heterocycles. The van der Waals surface area contributed by atoms with Gasteiger partial charge in [-0.1, -0.05) is 0 Å². The zero-order valence-corrected chi connectivity index (χ0v) is 8.82. The molecule has 0 amide bonds. The SMILES string of the molecule is CC(C)n1cnc2c(N)ncnc21.Cl. The van der Waals surface area contributed by atoms with Gasteiger partial charge in [0, 0.05) is 6.04 Å². The zero-order chi connectivity index (χ0) is 9.42. The van der Waals surface area contributed by atoms with Gasteiger partial charge in [-0.05, 0) is 13.8 Å². The number of rotatable bonds is 1. The fourth-order valence-electron chi connectivity index (χ4n) is 1.25. The van der Waals surface area contributed by atoms with Crippen molar-refractivity contribution in [2.75, 3.05) is 5.73 Å². The van der Waals surface area contributed by atoms with Crippen LogP contribution < -0.4 is 5.73 Å². The molecule has 0 radical (unpaired) electrons. The number of hydrogen-bond donors (Lipinski definition) is 1. The summed E-state index contributed by atoms with van der Waals surface area (Å²) in [5.41, 5.74) is 7.11. The molecule has 2 heterocycles. The maximum absolute atomic E-state index is 5.64. The lowest BCUT2D eigenvalue weighted by molar-refractivity contribution is 0.612. The highest BCUT2D eigenvalue weighted by molar-refractivity contribution is 5.85. The van der Waals surface area contributed by atoms with Gasteiger partial charge in [-0.2, -0.15) is 0 Å². The summed E-state index contributed by atoms with van der Waals surface area (Å²) in [7, 11) is 0. The highest BCUT2D eigenvalue weighted by atomic mass is 35.5. The first-order chi connectivity index (χ1) is 6.20. The molecule has 2 aromatic heterocycles. The van der Waals surface area contributed by atoms with E-state index in [9.17, 15) is 0 Å². The van der Waals surface area contributed by atoms with Crippen LogP contribution in [0.3, 0.4) is 0 Å². The van der Waals surface area contributed by atoms with Gasteiger partial charge in [0.05, 0.1) is 6.33 Å². The molecule has 0 fully saturated rings. The van der Waals surface area contributed by atoms with E-state index in [2.05, 4.69) is 28.8 Å². The van der Waals surface area contributed by atoms with Crippen LogP contribution in [0.5, 0.6) is 0 Å².